The minimum atomic E-state index is -1.36. The first-order chi connectivity index (χ1) is 14.2. The first-order valence-corrected chi connectivity index (χ1v) is 9.26. The Kier molecular flexibility index (Phi) is 7.90. The zero-order chi connectivity index (χ0) is 22.3. The van der Waals surface area contributed by atoms with E-state index in [0.29, 0.717) is 5.56 Å². The Labute approximate surface area is 171 Å². The number of carboxylic acid groups (broad SMARTS) is 1. The van der Waals surface area contributed by atoms with E-state index in [2.05, 4.69) is 15.6 Å². The SMILES string of the molecule is NC(=O)CCC(NC(=O)C(Cc1c[nH]c2ccccc12)NC(=O)C(N)CO)C(=O)O. The minimum Gasteiger partial charge on any atom is -0.480 e. The van der Waals surface area contributed by atoms with Gasteiger partial charge < -0.3 is 37.3 Å². The third kappa shape index (κ3) is 6.03. The van der Waals surface area contributed by atoms with E-state index in [1.54, 1.807) is 6.20 Å². The van der Waals surface area contributed by atoms with Crippen molar-refractivity contribution in [3.8, 4) is 0 Å². The quantitative estimate of drug-likeness (QED) is 0.226. The number of para-hydroxylation sites is 1. The number of aliphatic carboxylic acids is 1. The molecule has 3 unspecified atom stereocenters. The highest BCUT2D eigenvalue weighted by Gasteiger charge is 2.28. The molecule has 0 spiro atoms. The van der Waals surface area contributed by atoms with Crippen LogP contribution in [-0.4, -0.2) is 63.6 Å². The second-order valence-electron chi connectivity index (χ2n) is 6.82. The van der Waals surface area contributed by atoms with Crippen molar-refractivity contribution in [1.29, 1.82) is 0 Å². The van der Waals surface area contributed by atoms with Gasteiger partial charge >= 0.3 is 5.97 Å². The zero-order valence-electron chi connectivity index (χ0n) is 16.1. The molecule has 11 heteroatoms. The Bertz CT molecular complexity index is 927. The number of aliphatic hydroxyl groups is 1. The van der Waals surface area contributed by atoms with Crippen LogP contribution in [0, 0.1) is 0 Å². The van der Waals surface area contributed by atoms with E-state index >= 15 is 0 Å². The van der Waals surface area contributed by atoms with Gasteiger partial charge in [0.25, 0.3) is 0 Å². The smallest absolute Gasteiger partial charge is 0.326 e. The van der Waals surface area contributed by atoms with Gasteiger partial charge in [0.15, 0.2) is 0 Å². The zero-order valence-corrected chi connectivity index (χ0v) is 16.1. The lowest BCUT2D eigenvalue weighted by Crippen LogP contribution is -2.55. The predicted molar refractivity (Wildman–Crippen MR) is 107 cm³/mol. The fourth-order valence-corrected chi connectivity index (χ4v) is 2.91. The monoisotopic (exact) mass is 419 g/mol. The molecule has 0 bridgehead atoms. The van der Waals surface area contributed by atoms with E-state index < -0.39 is 48.4 Å². The lowest BCUT2D eigenvalue weighted by Gasteiger charge is -2.22. The number of fused-ring (bicyclic) bond motifs is 1. The van der Waals surface area contributed by atoms with Crippen molar-refractivity contribution >= 4 is 34.6 Å². The number of aromatic nitrogens is 1. The molecule has 2 aromatic rings. The molecule has 1 heterocycles. The van der Waals surface area contributed by atoms with E-state index in [-0.39, 0.29) is 19.3 Å². The highest BCUT2D eigenvalue weighted by molar-refractivity contribution is 5.93. The molecule has 0 aliphatic heterocycles. The van der Waals surface area contributed by atoms with Gasteiger partial charge in [0.05, 0.1) is 6.61 Å². The molecule has 9 N–H and O–H groups in total. The summed E-state index contributed by atoms with van der Waals surface area (Å²) in [5.74, 6) is -3.57. The van der Waals surface area contributed by atoms with Gasteiger partial charge in [-0.15, -0.1) is 0 Å². The predicted octanol–water partition coefficient (Wildman–Crippen LogP) is -1.65. The topological polar surface area (TPSA) is 201 Å². The van der Waals surface area contributed by atoms with Crippen LogP contribution >= 0.6 is 0 Å². The van der Waals surface area contributed by atoms with Crippen LogP contribution in [0.4, 0.5) is 0 Å². The molecule has 2 rings (SSSR count). The van der Waals surface area contributed by atoms with Gasteiger partial charge in [-0.1, -0.05) is 18.2 Å². The maximum atomic E-state index is 12.8. The van der Waals surface area contributed by atoms with Crippen LogP contribution in [0.15, 0.2) is 30.5 Å². The lowest BCUT2D eigenvalue weighted by molar-refractivity contribution is -0.142. The number of nitrogens with one attached hydrogen (secondary N) is 3. The van der Waals surface area contributed by atoms with Crippen LogP contribution < -0.4 is 22.1 Å². The Morgan fingerprint density at radius 1 is 1.07 bits per heavy atom. The van der Waals surface area contributed by atoms with Gasteiger partial charge in [-0.25, -0.2) is 4.79 Å². The number of primary amides is 1. The summed E-state index contributed by atoms with van der Waals surface area (Å²) < 4.78 is 0. The summed E-state index contributed by atoms with van der Waals surface area (Å²) in [4.78, 5) is 50.4. The Balaban J connectivity index is 2.23. The summed E-state index contributed by atoms with van der Waals surface area (Å²) >= 11 is 0. The number of amides is 3. The van der Waals surface area contributed by atoms with Gasteiger partial charge in [0, 0.05) is 29.9 Å². The molecule has 11 nitrogen and oxygen atoms in total. The molecular weight excluding hydrogens is 394 g/mol. The Hall–Kier alpha value is -3.44. The molecule has 1 aromatic carbocycles. The summed E-state index contributed by atoms with van der Waals surface area (Å²) in [5, 5.41) is 24.0. The molecule has 162 valence electrons. The second-order valence-corrected chi connectivity index (χ2v) is 6.82. The van der Waals surface area contributed by atoms with Crippen LogP contribution in [0.3, 0.4) is 0 Å². The molecule has 1 aromatic heterocycles. The number of carboxylic acids is 1. The van der Waals surface area contributed by atoms with Crippen molar-refractivity contribution in [3.05, 3.63) is 36.0 Å². The maximum absolute atomic E-state index is 12.8. The highest BCUT2D eigenvalue weighted by atomic mass is 16.4. The third-order valence-corrected chi connectivity index (χ3v) is 4.56. The van der Waals surface area contributed by atoms with E-state index in [1.807, 2.05) is 24.3 Å². The van der Waals surface area contributed by atoms with E-state index in [4.69, 9.17) is 16.6 Å². The summed E-state index contributed by atoms with van der Waals surface area (Å²) in [7, 11) is 0. The number of benzene rings is 1. The van der Waals surface area contributed by atoms with Crippen LogP contribution in [0.5, 0.6) is 0 Å². The van der Waals surface area contributed by atoms with E-state index in [9.17, 15) is 24.3 Å². The fraction of sp³-hybridized carbons (Fsp3) is 0.368. The number of H-pyrrole nitrogens is 1. The van der Waals surface area contributed by atoms with Crippen molar-refractivity contribution in [3.63, 3.8) is 0 Å². The van der Waals surface area contributed by atoms with Crippen LogP contribution in [0.2, 0.25) is 0 Å². The standard InChI is InChI=1S/C19H25N5O6/c20-12(9-25)17(27)24-15(7-10-8-22-13-4-2-1-3-11(10)13)18(28)23-14(19(29)30)5-6-16(21)26/h1-4,8,12,14-15,22,25H,5-7,9,20H2,(H2,21,26)(H,23,28)(H,24,27)(H,29,30). The summed E-state index contributed by atoms with van der Waals surface area (Å²) in [6, 6.07) is 3.57. The van der Waals surface area contributed by atoms with Crippen molar-refractivity contribution < 1.29 is 29.4 Å². The average molecular weight is 419 g/mol. The van der Waals surface area contributed by atoms with E-state index in [1.165, 1.54) is 0 Å². The van der Waals surface area contributed by atoms with Crippen LogP contribution in [-0.2, 0) is 25.6 Å². The number of carbonyl (C=O) groups excluding carboxylic acids is 3. The normalized spacial score (nSPS) is 13.9. The molecular formula is C19H25N5O6. The van der Waals surface area contributed by atoms with Crippen molar-refractivity contribution in [2.45, 2.75) is 37.4 Å². The number of carbonyl (C=O) groups is 4. The summed E-state index contributed by atoms with van der Waals surface area (Å²) in [5.41, 5.74) is 12.1. The van der Waals surface area contributed by atoms with E-state index in [0.717, 1.165) is 10.9 Å². The van der Waals surface area contributed by atoms with Crippen molar-refractivity contribution in [1.82, 2.24) is 15.6 Å². The van der Waals surface area contributed by atoms with Crippen LogP contribution in [0.1, 0.15) is 18.4 Å². The largest absolute Gasteiger partial charge is 0.480 e. The van der Waals surface area contributed by atoms with Gasteiger partial charge in [0.1, 0.15) is 18.1 Å². The fourth-order valence-electron chi connectivity index (χ4n) is 2.91. The maximum Gasteiger partial charge on any atom is 0.326 e. The van der Waals surface area contributed by atoms with Gasteiger partial charge in [-0.05, 0) is 18.1 Å². The minimum absolute atomic E-state index is 0.0435. The number of aliphatic hydroxyl groups excluding tert-OH is 1. The molecule has 0 radical (unpaired) electrons. The molecule has 0 fully saturated rings. The number of hydrogen-bond acceptors (Lipinski definition) is 6. The molecule has 0 saturated carbocycles. The number of nitrogens with two attached hydrogens (primary N) is 2. The van der Waals surface area contributed by atoms with Gasteiger partial charge in [0.2, 0.25) is 17.7 Å². The molecule has 0 aliphatic rings. The van der Waals surface area contributed by atoms with Crippen LogP contribution in [0.25, 0.3) is 10.9 Å². The Morgan fingerprint density at radius 2 is 1.73 bits per heavy atom. The van der Waals surface area contributed by atoms with Crippen molar-refractivity contribution in [2.75, 3.05) is 6.61 Å². The van der Waals surface area contributed by atoms with Gasteiger partial charge in [-0.3, -0.25) is 14.4 Å². The third-order valence-electron chi connectivity index (χ3n) is 4.56. The second kappa shape index (κ2) is 10.4. The molecule has 0 aliphatic carbocycles. The van der Waals surface area contributed by atoms with Crippen molar-refractivity contribution in [2.24, 2.45) is 11.5 Å². The summed E-state index contributed by atoms with van der Waals surface area (Å²) in [6.45, 7) is -0.621. The molecule has 3 atom stereocenters. The Morgan fingerprint density at radius 3 is 2.37 bits per heavy atom. The molecule has 0 saturated heterocycles. The summed E-state index contributed by atoms with van der Waals surface area (Å²) in [6.07, 6.45) is 1.30. The number of aromatic amines is 1. The number of rotatable bonds is 11. The molecule has 30 heavy (non-hydrogen) atoms. The average Bonchev–Trinajstić information content (AvgIpc) is 3.12. The first-order valence-electron chi connectivity index (χ1n) is 9.26. The lowest BCUT2D eigenvalue weighted by atomic mass is 10.0. The first kappa shape index (κ1) is 22.8. The highest BCUT2D eigenvalue weighted by Crippen LogP contribution is 2.19. The van der Waals surface area contributed by atoms with Gasteiger partial charge in [-0.2, -0.15) is 0 Å². The molecule has 3 amide bonds. The number of hydrogen-bond donors (Lipinski definition) is 7.